The molecular weight excluding hydrogens is 347 g/mol. The summed E-state index contributed by atoms with van der Waals surface area (Å²) in [5.74, 6) is 0. The van der Waals surface area contributed by atoms with Gasteiger partial charge in [0.15, 0.2) is 0 Å². The van der Waals surface area contributed by atoms with Crippen LogP contribution in [0, 0.1) is 5.41 Å². The number of rotatable bonds is 4. The van der Waals surface area contributed by atoms with E-state index in [0.717, 1.165) is 37.8 Å². The minimum Gasteiger partial charge on any atom is -0.396 e. The molecule has 0 amide bonds. The van der Waals surface area contributed by atoms with Crippen LogP contribution in [0.15, 0.2) is 22.7 Å². The van der Waals surface area contributed by atoms with Crippen LogP contribution in [-0.4, -0.2) is 18.3 Å². The van der Waals surface area contributed by atoms with Crippen LogP contribution < -0.4 is 5.32 Å². The van der Waals surface area contributed by atoms with Crippen LogP contribution in [0.1, 0.15) is 37.7 Å². The van der Waals surface area contributed by atoms with Gasteiger partial charge in [0.25, 0.3) is 0 Å². The predicted octanol–water partition coefficient (Wildman–Crippen LogP) is 4.82. The molecule has 0 spiro atoms. The van der Waals surface area contributed by atoms with E-state index >= 15 is 0 Å². The van der Waals surface area contributed by atoms with E-state index in [9.17, 15) is 18.3 Å². The third-order valence-electron chi connectivity index (χ3n) is 4.20. The highest BCUT2D eigenvalue weighted by Gasteiger charge is 2.32. The highest BCUT2D eigenvalue weighted by atomic mass is 79.9. The monoisotopic (exact) mass is 365 g/mol. The van der Waals surface area contributed by atoms with E-state index in [-0.39, 0.29) is 12.0 Å². The SMILES string of the molecule is OCC1(CNc2ccc(C(F)(F)F)cc2Br)CCCCC1. The van der Waals surface area contributed by atoms with Gasteiger partial charge in [0.2, 0.25) is 0 Å². The van der Waals surface area contributed by atoms with Crippen LogP contribution in [0.2, 0.25) is 0 Å². The molecule has 0 aromatic heterocycles. The molecule has 0 radical (unpaired) electrons. The van der Waals surface area contributed by atoms with Gasteiger partial charge in [-0.2, -0.15) is 13.2 Å². The fourth-order valence-corrected chi connectivity index (χ4v) is 3.33. The summed E-state index contributed by atoms with van der Waals surface area (Å²) in [7, 11) is 0. The van der Waals surface area contributed by atoms with Gasteiger partial charge in [0.05, 0.1) is 12.2 Å². The standard InChI is InChI=1S/C15H19BrF3NO/c16-12-8-11(15(17,18)19)4-5-13(12)20-9-14(10-21)6-2-1-3-7-14/h4-5,8,20-21H,1-3,6-7,9-10H2. The molecule has 118 valence electrons. The fraction of sp³-hybridized carbons (Fsp3) is 0.600. The molecule has 2 rings (SSSR count). The van der Waals surface area contributed by atoms with E-state index in [4.69, 9.17) is 0 Å². The third kappa shape index (κ3) is 4.13. The summed E-state index contributed by atoms with van der Waals surface area (Å²) in [6, 6.07) is 3.58. The third-order valence-corrected chi connectivity index (χ3v) is 4.86. The molecular formula is C15H19BrF3NO. The van der Waals surface area contributed by atoms with Crippen molar-refractivity contribution in [2.24, 2.45) is 5.41 Å². The number of alkyl halides is 3. The van der Waals surface area contributed by atoms with Gasteiger partial charge in [0.1, 0.15) is 0 Å². The van der Waals surface area contributed by atoms with Crippen molar-refractivity contribution in [1.29, 1.82) is 0 Å². The number of anilines is 1. The summed E-state index contributed by atoms with van der Waals surface area (Å²) < 4.78 is 38.2. The number of aliphatic hydroxyl groups excluding tert-OH is 1. The van der Waals surface area contributed by atoms with E-state index < -0.39 is 11.7 Å². The molecule has 1 aromatic rings. The average Bonchev–Trinajstić information content (AvgIpc) is 2.46. The number of halogens is 4. The second-order valence-corrected chi connectivity index (χ2v) is 6.62. The van der Waals surface area contributed by atoms with E-state index in [1.54, 1.807) is 0 Å². The van der Waals surface area contributed by atoms with E-state index in [1.165, 1.54) is 12.5 Å². The first-order chi connectivity index (χ1) is 9.86. The Balaban J connectivity index is 2.06. The minimum atomic E-state index is -4.34. The van der Waals surface area contributed by atoms with Crippen molar-refractivity contribution in [3.8, 4) is 0 Å². The first-order valence-corrected chi connectivity index (χ1v) is 7.87. The van der Waals surface area contributed by atoms with Crippen LogP contribution in [-0.2, 0) is 6.18 Å². The molecule has 21 heavy (non-hydrogen) atoms. The Labute approximate surface area is 130 Å². The molecule has 2 N–H and O–H groups in total. The molecule has 0 saturated heterocycles. The Kier molecular flexibility index (Phi) is 5.20. The molecule has 1 aliphatic rings. The molecule has 0 unspecified atom stereocenters. The fourth-order valence-electron chi connectivity index (χ4n) is 2.81. The van der Waals surface area contributed by atoms with Gasteiger partial charge in [0, 0.05) is 22.1 Å². The molecule has 1 aromatic carbocycles. The van der Waals surface area contributed by atoms with Gasteiger partial charge in [-0.1, -0.05) is 19.3 Å². The second-order valence-electron chi connectivity index (χ2n) is 5.76. The van der Waals surface area contributed by atoms with Gasteiger partial charge >= 0.3 is 6.18 Å². The Morgan fingerprint density at radius 2 is 1.86 bits per heavy atom. The number of aliphatic hydroxyl groups is 1. The molecule has 2 nitrogen and oxygen atoms in total. The molecule has 0 heterocycles. The number of hydrogen-bond acceptors (Lipinski definition) is 2. The van der Waals surface area contributed by atoms with Crippen molar-refractivity contribution in [2.45, 2.75) is 38.3 Å². The average molecular weight is 366 g/mol. The van der Waals surface area contributed by atoms with Crippen molar-refractivity contribution >= 4 is 21.6 Å². The second kappa shape index (κ2) is 6.57. The number of benzene rings is 1. The molecule has 6 heteroatoms. The Morgan fingerprint density at radius 3 is 2.38 bits per heavy atom. The maximum atomic E-state index is 12.6. The molecule has 1 saturated carbocycles. The van der Waals surface area contributed by atoms with Crippen LogP contribution in [0.5, 0.6) is 0 Å². The smallest absolute Gasteiger partial charge is 0.396 e. The van der Waals surface area contributed by atoms with E-state index in [1.807, 2.05) is 0 Å². The van der Waals surface area contributed by atoms with Gasteiger partial charge in [-0.15, -0.1) is 0 Å². The number of nitrogens with one attached hydrogen (secondary N) is 1. The molecule has 0 aliphatic heterocycles. The van der Waals surface area contributed by atoms with Crippen LogP contribution in [0.25, 0.3) is 0 Å². The zero-order valence-electron chi connectivity index (χ0n) is 11.6. The molecule has 0 bridgehead atoms. The van der Waals surface area contributed by atoms with Crippen molar-refractivity contribution in [2.75, 3.05) is 18.5 Å². The Hall–Kier alpha value is -0.750. The summed E-state index contributed by atoms with van der Waals surface area (Å²) in [5.41, 5.74) is -0.198. The maximum Gasteiger partial charge on any atom is 0.416 e. The summed E-state index contributed by atoms with van der Waals surface area (Å²) in [6.07, 6.45) is 0.943. The van der Waals surface area contributed by atoms with Gasteiger partial charge in [-0.05, 0) is 47.0 Å². The maximum absolute atomic E-state index is 12.6. The zero-order valence-corrected chi connectivity index (χ0v) is 13.2. The summed E-state index contributed by atoms with van der Waals surface area (Å²) >= 11 is 3.18. The summed E-state index contributed by atoms with van der Waals surface area (Å²) in [6.45, 7) is 0.686. The number of hydrogen-bond donors (Lipinski definition) is 2. The molecule has 1 fully saturated rings. The van der Waals surface area contributed by atoms with Crippen molar-refractivity contribution < 1.29 is 18.3 Å². The van der Waals surface area contributed by atoms with Gasteiger partial charge in [-0.25, -0.2) is 0 Å². The lowest BCUT2D eigenvalue weighted by molar-refractivity contribution is -0.137. The lowest BCUT2D eigenvalue weighted by Crippen LogP contribution is -2.35. The first-order valence-electron chi connectivity index (χ1n) is 7.08. The summed E-state index contributed by atoms with van der Waals surface area (Å²) in [5, 5.41) is 12.8. The van der Waals surface area contributed by atoms with E-state index in [0.29, 0.717) is 16.7 Å². The highest BCUT2D eigenvalue weighted by Crippen LogP contribution is 2.38. The predicted molar refractivity (Wildman–Crippen MR) is 80.2 cm³/mol. The Bertz CT molecular complexity index is 484. The van der Waals surface area contributed by atoms with Crippen molar-refractivity contribution in [3.63, 3.8) is 0 Å². The zero-order chi connectivity index (χ0) is 15.5. The van der Waals surface area contributed by atoms with Gasteiger partial charge in [-0.3, -0.25) is 0 Å². The Morgan fingerprint density at radius 1 is 1.19 bits per heavy atom. The quantitative estimate of drug-likeness (QED) is 0.801. The van der Waals surface area contributed by atoms with Crippen LogP contribution in [0.3, 0.4) is 0 Å². The minimum absolute atomic E-state index is 0.109. The van der Waals surface area contributed by atoms with Crippen molar-refractivity contribution in [3.05, 3.63) is 28.2 Å². The van der Waals surface area contributed by atoms with Gasteiger partial charge < -0.3 is 10.4 Å². The first kappa shape index (κ1) is 16.6. The largest absolute Gasteiger partial charge is 0.416 e. The van der Waals surface area contributed by atoms with Crippen molar-refractivity contribution in [1.82, 2.24) is 0 Å². The highest BCUT2D eigenvalue weighted by molar-refractivity contribution is 9.10. The lowest BCUT2D eigenvalue weighted by atomic mass is 9.74. The van der Waals surface area contributed by atoms with Crippen LogP contribution in [0.4, 0.5) is 18.9 Å². The van der Waals surface area contributed by atoms with Crippen LogP contribution >= 0.6 is 15.9 Å². The van der Waals surface area contributed by atoms with E-state index in [2.05, 4.69) is 21.2 Å². The molecule has 0 atom stereocenters. The molecule has 1 aliphatic carbocycles. The normalized spacial score (nSPS) is 18.5. The topological polar surface area (TPSA) is 32.3 Å². The summed E-state index contributed by atoms with van der Waals surface area (Å²) in [4.78, 5) is 0. The lowest BCUT2D eigenvalue weighted by Gasteiger charge is -2.36.